The Bertz CT molecular complexity index is 147. The minimum absolute atomic E-state index is 0.686. The molecule has 0 amide bonds. The van der Waals surface area contributed by atoms with Gasteiger partial charge in [-0.25, -0.2) is 0 Å². The predicted molar refractivity (Wildman–Crippen MR) is 62.8 cm³/mol. The maximum Gasteiger partial charge on any atom is 0.166 e. The van der Waals surface area contributed by atoms with Crippen LogP contribution in [0.5, 0.6) is 0 Å². The zero-order valence-corrected chi connectivity index (χ0v) is 10.2. The molecule has 0 bridgehead atoms. The number of rotatable bonds is 4. The Morgan fingerprint density at radius 2 is 1.62 bits per heavy atom. The van der Waals surface area contributed by atoms with Gasteiger partial charge < -0.3 is 10.6 Å². The van der Waals surface area contributed by atoms with E-state index in [9.17, 15) is 0 Å². The van der Waals surface area contributed by atoms with Crippen LogP contribution in [0.4, 0.5) is 0 Å². The summed E-state index contributed by atoms with van der Waals surface area (Å²) in [7, 11) is 1.84. The Kier molecular flexibility index (Phi) is 6.04. The summed E-state index contributed by atoms with van der Waals surface area (Å²) in [4.78, 5) is 0. The smallest absolute Gasteiger partial charge is 0.166 e. The maximum atomic E-state index is 5.02. The van der Waals surface area contributed by atoms with Crippen LogP contribution in [0.1, 0.15) is 27.7 Å². The van der Waals surface area contributed by atoms with Gasteiger partial charge in [0.05, 0.1) is 0 Å². The molecule has 0 radical (unpaired) electrons. The molecule has 0 aromatic heterocycles. The van der Waals surface area contributed by atoms with Crippen LogP contribution in [-0.2, 0) is 0 Å². The first kappa shape index (κ1) is 12.7. The molecule has 0 aromatic carbocycles. The molecule has 3 heteroatoms. The molecule has 0 heterocycles. The Balaban J connectivity index is 3.90. The fraction of sp³-hybridized carbons (Fsp3) is 0.900. The zero-order valence-electron chi connectivity index (χ0n) is 9.35. The van der Waals surface area contributed by atoms with Gasteiger partial charge in [0.2, 0.25) is 0 Å². The third kappa shape index (κ3) is 5.09. The molecule has 0 spiro atoms. The molecule has 0 aliphatic rings. The lowest BCUT2D eigenvalue weighted by Crippen LogP contribution is -2.38. The van der Waals surface area contributed by atoms with Gasteiger partial charge in [-0.2, -0.15) is 0 Å². The molecule has 78 valence electrons. The molecule has 0 aliphatic carbocycles. The topological polar surface area (TPSA) is 24.1 Å². The van der Waals surface area contributed by atoms with Crippen LogP contribution >= 0.6 is 12.2 Å². The van der Waals surface area contributed by atoms with Crippen LogP contribution in [0, 0.1) is 17.8 Å². The van der Waals surface area contributed by atoms with Crippen molar-refractivity contribution in [2.45, 2.75) is 27.7 Å². The molecule has 2 N–H and O–H groups in total. The quantitative estimate of drug-likeness (QED) is 0.682. The summed E-state index contributed by atoms with van der Waals surface area (Å²) in [6.45, 7) is 10.0. The molecular formula is C10H22N2S. The molecule has 0 aliphatic heterocycles. The van der Waals surface area contributed by atoms with E-state index in [1.54, 1.807) is 0 Å². The Hall–Kier alpha value is -0.310. The van der Waals surface area contributed by atoms with Gasteiger partial charge in [0.1, 0.15) is 0 Å². The van der Waals surface area contributed by atoms with E-state index in [1.807, 2.05) is 7.05 Å². The fourth-order valence-corrected chi connectivity index (χ4v) is 1.62. The first-order valence-electron chi connectivity index (χ1n) is 4.94. The summed E-state index contributed by atoms with van der Waals surface area (Å²) in [5.41, 5.74) is 0. The maximum absolute atomic E-state index is 5.02. The summed E-state index contributed by atoms with van der Waals surface area (Å²) in [6, 6.07) is 0. The summed E-state index contributed by atoms with van der Waals surface area (Å²) < 4.78 is 0. The highest BCUT2D eigenvalue weighted by molar-refractivity contribution is 7.80. The lowest BCUT2D eigenvalue weighted by Gasteiger charge is -2.25. The van der Waals surface area contributed by atoms with E-state index in [2.05, 4.69) is 38.3 Å². The van der Waals surface area contributed by atoms with Gasteiger partial charge >= 0.3 is 0 Å². The van der Waals surface area contributed by atoms with E-state index in [0.717, 1.165) is 11.7 Å². The van der Waals surface area contributed by atoms with Crippen LogP contribution < -0.4 is 10.6 Å². The number of hydrogen-bond acceptors (Lipinski definition) is 1. The average Bonchev–Trinajstić information content (AvgIpc) is 2.03. The van der Waals surface area contributed by atoms with Crippen molar-refractivity contribution in [3.8, 4) is 0 Å². The van der Waals surface area contributed by atoms with Gasteiger partial charge in [-0.3, -0.25) is 0 Å². The van der Waals surface area contributed by atoms with Gasteiger partial charge in [0.15, 0.2) is 5.11 Å². The van der Waals surface area contributed by atoms with E-state index in [0.29, 0.717) is 17.8 Å². The molecule has 0 atom stereocenters. The van der Waals surface area contributed by atoms with Crippen LogP contribution in [-0.4, -0.2) is 18.7 Å². The van der Waals surface area contributed by atoms with Crippen molar-refractivity contribution in [2.24, 2.45) is 17.8 Å². The molecule has 0 saturated heterocycles. The normalized spacial score (nSPS) is 11.1. The molecule has 0 unspecified atom stereocenters. The van der Waals surface area contributed by atoms with Crippen molar-refractivity contribution < 1.29 is 0 Å². The van der Waals surface area contributed by atoms with Gasteiger partial charge in [-0.1, -0.05) is 27.7 Å². The van der Waals surface area contributed by atoms with Crippen LogP contribution in [0.15, 0.2) is 0 Å². The SMILES string of the molecule is CNC(=S)NCC(C(C)C)C(C)C. The second-order valence-corrected chi connectivity index (χ2v) is 4.52. The van der Waals surface area contributed by atoms with Crippen molar-refractivity contribution in [1.29, 1.82) is 0 Å². The van der Waals surface area contributed by atoms with Crippen molar-refractivity contribution >= 4 is 17.3 Å². The molecule has 13 heavy (non-hydrogen) atoms. The largest absolute Gasteiger partial charge is 0.366 e. The van der Waals surface area contributed by atoms with Gasteiger partial charge in [-0.05, 0) is 30.0 Å². The lowest BCUT2D eigenvalue weighted by molar-refractivity contribution is 0.288. The van der Waals surface area contributed by atoms with Gasteiger partial charge in [0, 0.05) is 13.6 Å². The van der Waals surface area contributed by atoms with Crippen molar-refractivity contribution in [2.75, 3.05) is 13.6 Å². The van der Waals surface area contributed by atoms with Gasteiger partial charge in [-0.15, -0.1) is 0 Å². The molecule has 0 rings (SSSR count). The summed E-state index contributed by atoms with van der Waals surface area (Å²) in [5.74, 6) is 2.09. The zero-order chi connectivity index (χ0) is 10.4. The summed E-state index contributed by atoms with van der Waals surface area (Å²) in [5, 5.41) is 6.88. The van der Waals surface area contributed by atoms with Crippen molar-refractivity contribution in [3.63, 3.8) is 0 Å². The molecule has 0 aromatic rings. The van der Waals surface area contributed by atoms with Crippen LogP contribution in [0.2, 0.25) is 0 Å². The lowest BCUT2D eigenvalue weighted by atomic mass is 9.85. The highest BCUT2D eigenvalue weighted by atomic mass is 32.1. The van der Waals surface area contributed by atoms with E-state index < -0.39 is 0 Å². The van der Waals surface area contributed by atoms with Crippen LogP contribution in [0.25, 0.3) is 0 Å². The Morgan fingerprint density at radius 3 is 1.92 bits per heavy atom. The number of thiocarbonyl (C=S) groups is 1. The second-order valence-electron chi connectivity index (χ2n) is 4.11. The van der Waals surface area contributed by atoms with Crippen LogP contribution in [0.3, 0.4) is 0 Å². The second kappa shape index (κ2) is 6.19. The monoisotopic (exact) mass is 202 g/mol. The first-order chi connectivity index (χ1) is 5.99. The van der Waals surface area contributed by atoms with E-state index >= 15 is 0 Å². The van der Waals surface area contributed by atoms with Crippen molar-refractivity contribution in [1.82, 2.24) is 10.6 Å². The standard InChI is InChI=1S/C10H22N2S/c1-7(2)9(8(3)4)6-12-10(13)11-5/h7-9H,6H2,1-5H3,(H2,11,12,13). The Morgan fingerprint density at radius 1 is 1.15 bits per heavy atom. The summed E-state index contributed by atoms with van der Waals surface area (Å²) in [6.07, 6.45) is 0. The summed E-state index contributed by atoms with van der Waals surface area (Å²) >= 11 is 5.02. The van der Waals surface area contributed by atoms with Crippen molar-refractivity contribution in [3.05, 3.63) is 0 Å². The highest BCUT2D eigenvalue weighted by Crippen LogP contribution is 2.19. The van der Waals surface area contributed by atoms with E-state index in [-0.39, 0.29) is 0 Å². The predicted octanol–water partition coefficient (Wildman–Crippen LogP) is 2.01. The third-order valence-corrected chi connectivity index (χ3v) is 2.79. The Labute approximate surface area is 87.5 Å². The number of hydrogen-bond donors (Lipinski definition) is 2. The molecule has 0 fully saturated rings. The van der Waals surface area contributed by atoms with E-state index in [4.69, 9.17) is 12.2 Å². The highest BCUT2D eigenvalue weighted by Gasteiger charge is 2.16. The third-order valence-electron chi connectivity index (χ3n) is 2.44. The minimum Gasteiger partial charge on any atom is -0.366 e. The first-order valence-corrected chi connectivity index (χ1v) is 5.35. The average molecular weight is 202 g/mol. The molecular weight excluding hydrogens is 180 g/mol. The van der Waals surface area contributed by atoms with E-state index in [1.165, 1.54) is 0 Å². The fourth-order valence-electron chi connectivity index (χ4n) is 1.54. The number of nitrogens with one attached hydrogen (secondary N) is 2. The minimum atomic E-state index is 0.686. The molecule has 2 nitrogen and oxygen atoms in total. The van der Waals surface area contributed by atoms with Gasteiger partial charge in [0.25, 0.3) is 0 Å². The molecule has 0 saturated carbocycles.